The monoisotopic (exact) mass is 695 g/mol. The van der Waals surface area contributed by atoms with Gasteiger partial charge in [-0.15, -0.1) is 10.2 Å². The van der Waals surface area contributed by atoms with Crippen LogP contribution in [0.4, 0.5) is 4.79 Å². The number of tetrazole rings is 1. The van der Waals surface area contributed by atoms with Crippen molar-refractivity contribution in [2.24, 2.45) is 4.99 Å². The Morgan fingerprint density at radius 1 is 0.920 bits per heavy atom. The highest BCUT2D eigenvalue weighted by Crippen LogP contribution is 2.30. The summed E-state index contributed by atoms with van der Waals surface area (Å²) in [5, 5.41) is 19.9. The normalized spacial score (nSPS) is 14.5. The molecule has 0 saturated heterocycles. The summed E-state index contributed by atoms with van der Waals surface area (Å²) in [4.78, 5) is 43.8. The minimum absolute atomic E-state index is 0.00249. The standard InChI is InChI=1S/C36H37N7O6S/c1-3-31-40-43(22-24-18-20-25(21-19-24)27-14-8-9-15-28(27)32-38-41-42-39-32)35(50-31)37-33(44)29-16-10-11-17-30(29)34(45)47-23(2)48-36(46)49-26-12-6-4-5-7-13-26/h8-11,14-21,23,26H,3-7,12-13,22H2,1-2H3,(H,38,39,41,42). The van der Waals surface area contributed by atoms with E-state index in [2.05, 4.69) is 30.7 Å². The lowest BCUT2D eigenvalue weighted by molar-refractivity contribution is -0.0901. The van der Waals surface area contributed by atoms with Crippen LogP contribution in [0.15, 0.2) is 77.8 Å². The lowest BCUT2D eigenvalue weighted by Crippen LogP contribution is -2.26. The van der Waals surface area contributed by atoms with Crippen LogP contribution in [0.5, 0.6) is 0 Å². The van der Waals surface area contributed by atoms with E-state index in [9.17, 15) is 14.4 Å². The van der Waals surface area contributed by atoms with Crippen molar-refractivity contribution in [1.29, 1.82) is 0 Å². The summed E-state index contributed by atoms with van der Waals surface area (Å²) < 4.78 is 17.7. The number of rotatable bonds is 10. The van der Waals surface area contributed by atoms with Gasteiger partial charge in [0.1, 0.15) is 11.1 Å². The van der Waals surface area contributed by atoms with Crippen LogP contribution >= 0.6 is 11.3 Å². The summed E-state index contributed by atoms with van der Waals surface area (Å²) in [5.41, 5.74) is 3.79. The lowest BCUT2D eigenvalue weighted by atomic mass is 9.98. The molecule has 2 heterocycles. The molecule has 1 N–H and O–H groups in total. The number of hydrogen-bond donors (Lipinski definition) is 1. The van der Waals surface area contributed by atoms with Crippen molar-refractivity contribution < 1.29 is 28.6 Å². The summed E-state index contributed by atoms with van der Waals surface area (Å²) in [6.07, 6.45) is 4.12. The molecule has 258 valence electrons. The van der Waals surface area contributed by atoms with Gasteiger partial charge in [0.15, 0.2) is 0 Å². The number of H-pyrrole nitrogens is 1. The van der Waals surface area contributed by atoms with Crippen LogP contribution in [-0.4, -0.2) is 60.8 Å². The Morgan fingerprint density at radius 2 is 1.62 bits per heavy atom. The fourth-order valence-electron chi connectivity index (χ4n) is 5.74. The number of aryl methyl sites for hydroxylation is 1. The van der Waals surface area contributed by atoms with Crippen molar-refractivity contribution >= 4 is 29.4 Å². The predicted octanol–water partition coefficient (Wildman–Crippen LogP) is 6.52. The topological polar surface area (TPSA) is 164 Å². The maximum atomic E-state index is 13.6. The Balaban J connectivity index is 1.16. The molecular formula is C36H37N7O6S. The highest BCUT2D eigenvalue weighted by Gasteiger charge is 2.24. The number of carbonyl (C=O) groups is 3. The first-order chi connectivity index (χ1) is 24.4. The number of nitrogens with one attached hydrogen (secondary N) is 1. The van der Waals surface area contributed by atoms with Gasteiger partial charge in [0.2, 0.25) is 16.9 Å². The third-order valence-electron chi connectivity index (χ3n) is 8.25. The fraction of sp³-hybridized carbons (Fsp3) is 0.333. The van der Waals surface area contributed by atoms with Gasteiger partial charge in [-0.05, 0) is 66.1 Å². The Bertz CT molecular complexity index is 2000. The molecule has 1 saturated carbocycles. The molecule has 1 unspecified atom stereocenters. The van der Waals surface area contributed by atoms with Crippen LogP contribution in [0, 0.1) is 0 Å². The minimum atomic E-state index is -1.23. The zero-order valence-corrected chi connectivity index (χ0v) is 28.6. The first kappa shape index (κ1) is 34.4. The van der Waals surface area contributed by atoms with Gasteiger partial charge in [0, 0.05) is 12.5 Å². The molecule has 0 radical (unpaired) electrons. The second kappa shape index (κ2) is 16.3. The number of ether oxygens (including phenoxy) is 3. The highest BCUT2D eigenvalue weighted by atomic mass is 32.1. The number of amides is 1. The Kier molecular flexibility index (Phi) is 11.2. The second-order valence-corrected chi connectivity index (χ2v) is 12.8. The van der Waals surface area contributed by atoms with E-state index in [1.807, 2.05) is 55.5 Å². The van der Waals surface area contributed by atoms with Crippen LogP contribution in [-0.2, 0) is 27.2 Å². The van der Waals surface area contributed by atoms with E-state index in [-0.39, 0.29) is 17.2 Å². The predicted molar refractivity (Wildman–Crippen MR) is 184 cm³/mol. The summed E-state index contributed by atoms with van der Waals surface area (Å²) in [7, 11) is 0. The van der Waals surface area contributed by atoms with Crippen LogP contribution in [0.3, 0.4) is 0 Å². The van der Waals surface area contributed by atoms with E-state index in [1.165, 1.54) is 30.4 Å². The molecule has 14 heteroatoms. The average Bonchev–Trinajstić information content (AvgIpc) is 3.73. The molecule has 2 aromatic heterocycles. The molecule has 1 fully saturated rings. The van der Waals surface area contributed by atoms with Gasteiger partial charge in [0.05, 0.1) is 17.7 Å². The molecule has 6 rings (SSSR count). The zero-order valence-electron chi connectivity index (χ0n) is 27.8. The number of aromatic nitrogens is 6. The largest absolute Gasteiger partial charge is 0.511 e. The summed E-state index contributed by atoms with van der Waals surface area (Å²) >= 11 is 1.30. The first-order valence-corrected chi connectivity index (χ1v) is 17.4. The third-order valence-corrected chi connectivity index (χ3v) is 9.34. The minimum Gasteiger partial charge on any atom is -0.431 e. The van der Waals surface area contributed by atoms with Crippen LogP contribution < -0.4 is 4.80 Å². The molecule has 13 nitrogen and oxygen atoms in total. The van der Waals surface area contributed by atoms with Crippen molar-refractivity contribution in [3.05, 3.63) is 99.3 Å². The van der Waals surface area contributed by atoms with Crippen molar-refractivity contribution in [1.82, 2.24) is 30.4 Å². The van der Waals surface area contributed by atoms with E-state index in [4.69, 9.17) is 14.2 Å². The van der Waals surface area contributed by atoms with Crippen LogP contribution in [0.1, 0.15) is 83.7 Å². The van der Waals surface area contributed by atoms with Crippen molar-refractivity contribution in [2.45, 2.75) is 77.7 Å². The molecule has 0 aliphatic heterocycles. The summed E-state index contributed by atoms with van der Waals surface area (Å²) in [5.74, 6) is -0.952. The molecule has 1 atom stereocenters. The molecule has 1 aliphatic carbocycles. The molecule has 0 spiro atoms. The number of benzene rings is 3. The van der Waals surface area contributed by atoms with Gasteiger partial charge in [-0.2, -0.15) is 15.3 Å². The van der Waals surface area contributed by atoms with Gasteiger partial charge in [-0.1, -0.05) is 91.8 Å². The number of nitrogens with zero attached hydrogens (tertiary/aromatic N) is 6. The molecule has 5 aromatic rings. The maximum Gasteiger partial charge on any atom is 0.511 e. The second-order valence-electron chi connectivity index (χ2n) is 11.8. The molecule has 3 aromatic carbocycles. The fourth-order valence-corrected chi connectivity index (χ4v) is 6.58. The quantitative estimate of drug-likeness (QED) is 0.0966. The molecular weight excluding hydrogens is 659 g/mol. The Morgan fingerprint density at radius 3 is 2.32 bits per heavy atom. The van der Waals surface area contributed by atoms with Gasteiger partial charge >= 0.3 is 12.1 Å². The third kappa shape index (κ3) is 8.55. The van der Waals surface area contributed by atoms with Gasteiger partial charge in [-0.25, -0.2) is 14.3 Å². The van der Waals surface area contributed by atoms with E-state index in [1.54, 1.807) is 16.8 Å². The first-order valence-electron chi connectivity index (χ1n) is 16.6. The molecule has 1 aliphatic rings. The zero-order chi connectivity index (χ0) is 34.9. The summed E-state index contributed by atoms with van der Waals surface area (Å²) in [6.45, 7) is 3.77. The highest BCUT2D eigenvalue weighted by molar-refractivity contribution is 7.08. The van der Waals surface area contributed by atoms with Gasteiger partial charge in [-0.3, -0.25) is 4.79 Å². The Labute approximate surface area is 292 Å². The summed E-state index contributed by atoms with van der Waals surface area (Å²) in [6, 6.07) is 22.1. The number of aromatic amines is 1. The number of esters is 1. The lowest BCUT2D eigenvalue weighted by Gasteiger charge is -2.18. The van der Waals surface area contributed by atoms with E-state index in [0.717, 1.165) is 65.8 Å². The van der Waals surface area contributed by atoms with Crippen LogP contribution in [0.25, 0.3) is 22.5 Å². The number of carbonyl (C=O) groups excluding carboxylic acids is 3. The van der Waals surface area contributed by atoms with Crippen molar-refractivity contribution in [2.75, 3.05) is 0 Å². The maximum absolute atomic E-state index is 13.6. The number of hydrogen-bond acceptors (Lipinski definition) is 11. The molecule has 50 heavy (non-hydrogen) atoms. The van der Waals surface area contributed by atoms with Crippen molar-refractivity contribution in [3.63, 3.8) is 0 Å². The van der Waals surface area contributed by atoms with Gasteiger partial charge < -0.3 is 14.2 Å². The molecule has 0 bridgehead atoms. The van der Waals surface area contributed by atoms with E-state index < -0.39 is 24.3 Å². The molecule has 1 amide bonds. The SMILES string of the molecule is CCc1nn(Cc2ccc(-c3ccccc3-c3nn[nH]n3)cc2)c(=NC(=O)c2ccccc2C(=O)OC(C)OC(=O)OC2CCCCCC2)s1. The van der Waals surface area contributed by atoms with E-state index in [0.29, 0.717) is 23.6 Å². The van der Waals surface area contributed by atoms with Crippen molar-refractivity contribution in [3.8, 4) is 22.5 Å². The van der Waals surface area contributed by atoms with Gasteiger partial charge in [0.25, 0.3) is 5.91 Å². The Hall–Kier alpha value is -5.50. The van der Waals surface area contributed by atoms with E-state index >= 15 is 0 Å². The average molecular weight is 696 g/mol. The smallest absolute Gasteiger partial charge is 0.431 e. The van der Waals surface area contributed by atoms with Crippen LogP contribution in [0.2, 0.25) is 0 Å².